The van der Waals surface area contributed by atoms with Gasteiger partial charge in [0.25, 0.3) is 0 Å². The van der Waals surface area contributed by atoms with Gasteiger partial charge in [-0.05, 0) is 36.8 Å². The number of carbonyl (C=O) groups is 2. The van der Waals surface area contributed by atoms with Gasteiger partial charge in [-0.25, -0.2) is 0 Å². The maximum atomic E-state index is 11.7. The van der Waals surface area contributed by atoms with Crippen LogP contribution in [0.2, 0.25) is 5.02 Å². The molecule has 2 amide bonds. The molecule has 2 N–H and O–H groups in total. The number of carbonyl (C=O) groups excluding carboxylic acids is 2. The van der Waals surface area contributed by atoms with Crippen molar-refractivity contribution in [3.63, 3.8) is 0 Å². The average Bonchev–Trinajstić information content (AvgIpc) is 2.94. The van der Waals surface area contributed by atoms with Crippen molar-refractivity contribution in [1.29, 1.82) is 0 Å². The summed E-state index contributed by atoms with van der Waals surface area (Å²) in [5.41, 5.74) is 1.22. The normalized spacial score (nSPS) is 10.1. The number of hydrogen-bond donors (Lipinski definition) is 2. The molecule has 0 bridgehead atoms. The van der Waals surface area contributed by atoms with Crippen LogP contribution in [0.3, 0.4) is 0 Å². The Bertz CT molecular complexity index is 623. The SMILES string of the molecule is Cc1c(Cl)cccc1NC(=O)C(=O)NCc1ccco1. The second kappa shape index (κ2) is 6.25. The molecule has 0 aliphatic carbocycles. The topological polar surface area (TPSA) is 71.3 Å². The van der Waals surface area contributed by atoms with E-state index in [1.807, 2.05) is 0 Å². The van der Waals surface area contributed by atoms with E-state index in [2.05, 4.69) is 10.6 Å². The molecule has 0 radical (unpaired) electrons. The number of anilines is 1. The Morgan fingerprint density at radius 3 is 2.70 bits per heavy atom. The lowest BCUT2D eigenvalue weighted by atomic mass is 10.2. The van der Waals surface area contributed by atoms with Crippen molar-refractivity contribution >= 4 is 29.1 Å². The smallest absolute Gasteiger partial charge is 0.313 e. The predicted molar refractivity (Wildman–Crippen MR) is 75.4 cm³/mol. The van der Waals surface area contributed by atoms with Gasteiger partial charge in [-0.1, -0.05) is 17.7 Å². The molecule has 6 heteroatoms. The highest BCUT2D eigenvalue weighted by Gasteiger charge is 2.15. The van der Waals surface area contributed by atoms with Gasteiger partial charge in [0.05, 0.1) is 12.8 Å². The lowest BCUT2D eigenvalue weighted by molar-refractivity contribution is -0.136. The molecule has 0 spiro atoms. The van der Waals surface area contributed by atoms with Crippen LogP contribution < -0.4 is 10.6 Å². The second-order valence-electron chi connectivity index (χ2n) is 4.13. The van der Waals surface area contributed by atoms with Gasteiger partial charge in [0.15, 0.2) is 0 Å². The standard InChI is InChI=1S/C14H13ClN2O3/c1-9-11(15)5-2-6-12(9)17-14(19)13(18)16-8-10-4-3-7-20-10/h2-7H,8H2,1H3,(H,16,18)(H,17,19). The minimum absolute atomic E-state index is 0.160. The Morgan fingerprint density at radius 2 is 2.00 bits per heavy atom. The van der Waals surface area contributed by atoms with E-state index in [0.29, 0.717) is 22.0 Å². The van der Waals surface area contributed by atoms with E-state index in [1.165, 1.54) is 6.26 Å². The molecule has 5 nitrogen and oxygen atoms in total. The van der Waals surface area contributed by atoms with Gasteiger partial charge >= 0.3 is 11.8 Å². The molecule has 0 aliphatic heterocycles. The molecule has 0 fully saturated rings. The monoisotopic (exact) mass is 292 g/mol. The van der Waals surface area contributed by atoms with E-state index in [9.17, 15) is 9.59 Å². The fourth-order valence-electron chi connectivity index (χ4n) is 1.58. The Hall–Kier alpha value is -2.27. The van der Waals surface area contributed by atoms with Crippen molar-refractivity contribution in [3.05, 3.63) is 52.9 Å². The zero-order valence-electron chi connectivity index (χ0n) is 10.8. The van der Waals surface area contributed by atoms with Crippen molar-refractivity contribution < 1.29 is 14.0 Å². The first-order valence-corrected chi connectivity index (χ1v) is 6.32. The summed E-state index contributed by atoms with van der Waals surface area (Å²) in [5.74, 6) is -0.909. The molecule has 0 aliphatic rings. The van der Waals surface area contributed by atoms with Crippen molar-refractivity contribution in [3.8, 4) is 0 Å². The summed E-state index contributed by atoms with van der Waals surface area (Å²) in [6.07, 6.45) is 1.50. The Labute approximate surface area is 120 Å². The number of hydrogen-bond acceptors (Lipinski definition) is 3. The van der Waals surface area contributed by atoms with E-state index in [1.54, 1.807) is 37.3 Å². The van der Waals surface area contributed by atoms with Crippen LogP contribution in [0.1, 0.15) is 11.3 Å². The van der Waals surface area contributed by atoms with Crippen molar-refractivity contribution in [2.45, 2.75) is 13.5 Å². The van der Waals surface area contributed by atoms with Crippen molar-refractivity contribution in [1.82, 2.24) is 5.32 Å². The predicted octanol–water partition coefficient (Wildman–Crippen LogP) is 2.50. The Morgan fingerprint density at radius 1 is 1.20 bits per heavy atom. The van der Waals surface area contributed by atoms with Crippen molar-refractivity contribution in [2.75, 3.05) is 5.32 Å². The molecule has 0 saturated heterocycles. The number of rotatable bonds is 3. The van der Waals surface area contributed by atoms with Crippen LogP contribution in [-0.4, -0.2) is 11.8 Å². The lowest BCUT2D eigenvalue weighted by Crippen LogP contribution is -2.35. The molecular formula is C14H13ClN2O3. The van der Waals surface area contributed by atoms with Gasteiger partial charge in [0.1, 0.15) is 5.76 Å². The van der Waals surface area contributed by atoms with Crippen molar-refractivity contribution in [2.24, 2.45) is 0 Å². The van der Waals surface area contributed by atoms with E-state index in [4.69, 9.17) is 16.0 Å². The number of furan rings is 1. The summed E-state index contributed by atoms with van der Waals surface area (Å²) in [4.78, 5) is 23.4. The molecule has 104 valence electrons. The molecule has 0 atom stereocenters. The minimum Gasteiger partial charge on any atom is -0.467 e. The first-order chi connectivity index (χ1) is 9.58. The third-order valence-corrected chi connectivity index (χ3v) is 3.13. The van der Waals surface area contributed by atoms with Crippen LogP contribution >= 0.6 is 11.6 Å². The first-order valence-electron chi connectivity index (χ1n) is 5.94. The van der Waals surface area contributed by atoms with Crippen LogP contribution in [0.5, 0.6) is 0 Å². The summed E-state index contributed by atoms with van der Waals surface area (Å²) < 4.78 is 5.05. The largest absolute Gasteiger partial charge is 0.467 e. The minimum atomic E-state index is -0.748. The maximum Gasteiger partial charge on any atom is 0.313 e. The summed E-state index contributed by atoms with van der Waals surface area (Å²) in [7, 11) is 0. The number of nitrogens with one attached hydrogen (secondary N) is 2. The highest BCUT2D eigenvalue weighted by atomic mass is 35.5. The highest BCUT2D eigenvalue weighted by Crippen LogP contribution is 2.22. The average molecular weight is 293 g/mol. The summed E-state index contributed by atoms with van der Waals surface area (Å²) in [6, 6.07) is 8.50. The molecule has 0 saturated carbocycles. The van der Waals surface area contributed by atoms with Gasteiger partial charge in [-0.2, -0.15) is 0 Å². The number of benzene rings is 1. The Balaban J connectivity index is 1.94. The molecule has 1 heterocycles. The van der Waals surface area contributed by atoms with E-state index in [-0.39, 0.29) is 6.54 Å². The summed E-state index contributed by atoms with van der Waals surface area (Å²) in [6.45, 7) is 1.92. The number of halogens is 1. The van der Waals surface area contributed by atoms with Crippen LogP contribution in [0.25, 0.3) is 0 Å². The number of amides is 2. The maximum absolute atomic E-state index is 11.7. The molecule has 20 heavy (non-hydrogen) atoms. The first kappa shape index (κ1) is 14.1. The van der Waals surface area contributed by atoms with E-state index in [0.717, 1.165) is 0 Å². The lowest BCUT2D eigenvalue weighted by Gasteiger charge is -2.09. The van der Waals surface area contributed by atoms with Crippen LogP contribution in [-0.2, 0) is 16.1 Å². The van der Waals surface area contributed by atoms with E-state index < -0.39 is 11.8 Å². The molecule has 1 aromatic heterocycles. The molecule has 2 rings (SSSR count). The zero-order chi connectivity index (χ0) is 14.5. The third kappa shape index (κ3) is 3.39. The van der Waals surface area contributed by atoms with Crippen LogP contribution in [0, 0.1) is 6.92 Å². The summed E-state index contributed by atoms with van der Waals surface area (Å²) in [5, 5.41) is 5.50. The van der Waals surface area contributed by atoms with Crippen LogP contribution in [0.4, 0.5) is 5.69 Å². The van der Waals surface area contributed by atoms with E-state index >= 15 is 0 Å². The highest BCUT2D eigenvalue weighted by molar-refractivity contribution is 6.40. The second-order valence-corrected chi connectivity index (χ2v) is 4.54. The van der Waals surface area contributed by atoms with Gasteiger partial charge in [0.2, 0.25) is 0 Å². The van der Waals surface area contributed by atoms with Gasteiger partial charge in [-0.3, -0.25) is 9.59 Å². The molecular weight excluding hydrogens is 280 g/mol. The van der Waals surface area contributed by atoms with Gasteiger partial charge in [-0.15, -0.1) is 0 Å². The van der Waals surface area contributed by atoms with Gasteiger partial charge < -0.3 is 15.1 Å². The zero-order valence-corrected chi connectivity index (χ0v) is 11.5. The fourth-order valence-corrected chi connectivity index (χ4v) is 1.76. The summed E-state index contributed by atoms with van der Waals surface area (Å²) >= 11 is 5.94. The quantitative estimate of drug-likeness (QED) is 0.854. The third-order valence-electron chi connectivity index (χ3n) is 2.73. The molecule has 1 aromatic carbocycles. The van der Waals surface area contributed by atoms with Crippen LogP contribution in [0.15, 0.2) is 41.0 Å². The Kier molecular flexibility index (Phi) is 4.42. The molecule has 0 unspecified atom stereocenters. The van der Waals surface area contributed by atoms with Gasteiger partial charge in [0, 0.05) is 10.7 Å². The molecule has 2 aromatic rings. The fraction of sp³-hybridized carbons (Fsp3) is 0.143.